The van der Waals surface area contributed by atoms with E-state index in [2.05, 4.69) is 0 Å². The van der Waals surface area contributed by atoms with Gasteiger partial charge < -0.3 is 24.7 Å². The number of amides is 3. The molecule has 0 spiro atoms. The second-order valence-electron chi connectivity index (χ2n) is 5.34. The zero-order chi connectivity index (χ0) is 19.1. The summed E-state index contributed by atoms with van der Waals surface area (Å²) in [6.45, 7) is 3.32. The van der Waals surface area contributed by atoms with Crippen molar-refractivity contribution < 1.29 is 33.3 Å². The summed E-state index contributed by atoms with van der Waals surface area (Å²) in [6.07, 6.45) is -1.20. The zero-order valence-electron chi connectivity index (χ0n) is 14.7. The van der Waals surface area contributed by atoms with Crippen LogP contribution in [0.3, 0.4) is 0 Å². The molecule has 0 heterocycles. The average molecular weight is 354 g/mol. The molecule has 138 valence electrons. The average Bonchev–Trinajstić information content (AvgIpc) is 2.56. The van der Waals surface area contributed by atoms with E-state index in [-0.39, 0.29) is 23.0 Å². The predicted octanol–water partition coefficient (Wildman–Crippen LogP) is 1.09. The van der Waals surface area contributed by atoms with Crippen molar-refractivity contribution in [2.75, 3.05) is 21.3 Å². The smallest absolute Gasteiger partial charge is 0.339 e. The number of carbonyl (C=O) groups is 3. The number of nitrogens with two attached hydrogens (primary N) is 1. The SMILES string of the molecule is COc1cc(C(=O)O[C@H](C(=O)NC(N)=O)C(C)C)cc(OC)c1OC. The highest BCUT2D eigenvalue weighted by molar-refractivity contribution is 5.98. The van der Waals surface area contributed by atoms with Gasteiger partial charge in [0, 0.05) is 0 Å². The molecule has 0 unspecified atom stereocenters. The van der Waals surface area contributed by atoms with Crippen molar-refractivity contribution in [3.8, 4) is 17.2 Å². The van der Waals surface area contributed by atoms with Gasteiger partial charge in [0.25, 0.3) is 5.91 Å². The summed E-state index contributed by atoms with van der Waals surface area (Å²) < 4.78 is 20.7. The maximum atomic E-state index is 12.4. The van der Waals surface area contributed by atoms with E-state index in [0.29, 0.717) is 5.75 Å². The summed E-state index contributed by atoms with van der Waals surface area (Å²) in [5, 5.41) is 1.90. The Balaban J connectivity index is 3.13. The monoisotopic (exact) mass is 354 g/mol. The first-order valence-electron chi connectivity index (χ1n) is 7.36. The molecule has 9 nitrogen and oxygen atoms in total. The molecule has 0 bridgehead atoms. The van der Waals surface area contributed by atoms with Crippen LogP contribution in [0.15, 0.2) is 12.1 Å². The summed E-state index contributed by atoms with van der Waals surface area (Å²) in [6, 6.07) is 1.76. The van der Waals surface area contributed by atoms with Crippen molar-refractivity contribution in [2.45, 2.75) is 20.0 Å². The van der Waals surface area contributed by atoms with E-state index in [1.165, 1.54) is 33.5 Å². The molecule has 0 radical (unpaired) electrons. The van der Waals surface area contributed by atoms with Crippen LogP contribution in [0, 0.1) is 5.92 Å². The number of ether oxygens (including phenoxy) is 4. The minimum atomic E-state index is -1.20. The van der Waals surface area contributed by atoms with E-state index < -0.39 is 24.0 Å². The lowest BCUT2D eigenvalue weighted by molar-refractivity contribution is -0.130. The number of benzene rings is 1. The molecule has 3 N–H and O–H groups in total. The van der Waals surface area contributed by atoms with Gasteiger partial charge in [-0.1, -0.05) is 13.8 Å². The lowest BCUT2D eigenvalue weighted by atomic mass is 10.1. The van der Waals surface area contributed by atoms with Crippen LogP contribution >= 0.6 is 0 Å². The second kappa shape index (κ2) is 8.76. The maximum absolute atomic E-state index is 12.4. The molecule has 9 heteroatoms. The van der Waals surface area contributed by atoms with Crippen LogP contribution in [0.1, 0.15) is 24.2 Å². The van der Waals surface area contributed by atoms with E-state index in [4.69, 9.17) is 24.7 Å². The van der Waals surface area contributed by atoms with E-state index >= 15 is 0 Å². The number of hydrogen-bond acceptors (Lipinski definition) is 7. The molecule has 0 aromatic heterocycles. The highest BCUT2D eigenvalue weighted by Gasteiger charge is 2.29. The molecule has 1 rings (SSSR count). The molecule has 1 aromatic carbocycles. The molecular weight excluding hydrogens is 332 g/mol. The van der Waals surface area contributed by atoms with E-state index in [9.17, 15) is 14.4 Å². The third kappa shape index (κ3) is 5.00. The van der Waals surface area contributed by atoms with Crippen LogP contribution < -0.4 is 25.3 Å². The van der Waals surface area contributed by atoms with Crippen LogP contribution in [0.4, 0.5) is 4.79 Å². The zero-order valence-corrected chi connectivity index (χ0v) is 14.7. The second-order valence-corrected chi connectivity index (χ2v) is 5.34. The Morgan fingerprint density at radius 2 is 1.52 bits per heavy atom. The van der Waals surface area contributed by atoms with Crippen molar-refractivity contribution in [3.63, 3.8) is 0 Å². The Morgan fingerprint density at radius 1 is 1.00 bits per heavy atom. The number of methoxy groups -OCH3 is 3. The minimum absolute atomic E-state index is 0.0898. The van der Waals surface area contributed by atoms with Gasteiger partial charge in [0.2, 0.25) is 5.75 Å². The molecule has 3 amide bonds. The number of imide groups is 1. The summed E-state index contributed by atoms with van der Waals surface area (Å²) in [4.78, 5) is 35.2. The van der Waals surface area contributed by atoms with Gasteiger partial charge in [-0.05, 0) is 18.1 Å². The Labute approximate surface area is 145 Å². The number of hydrogen-bond donors (Lipinski definition) is 2. The third-order valence-corrected chi connectivity index (χ3v) is 3.24. The Bertz CT molecular complexity index is 633. The lowest BCUT2D eigenvalue weighted by Crippen LogP contribution is -2.45. The van der Waals surface area contributed by atoms with Gasteiger partial charge in [-0.3, -0.25) is 10.1 Å². The number of esters is 1. The van der Waals surface area contributed by atoms with Gasteiger partial charge >= 0.3 is 12.0 Å². The highest BCUT2D eigenvalue weighted by atomic mass is 16.6. The number of nitrogens with one attached hydrogen (secondary N) is 1. The predicted molar refractivity (Wildman–Crippen MR) is 87.9 cm³/mol. The molecule has 0 aliphatic rings. The van der Waals surface area contributed by atoms with Crippen LogP contribution in [0.2, 0.25) is 0 Å². The van der Waals surface area contributed by atoms with Crippen LogP contribution in [0.25, 0.3) is 0 Å². The molecule has 0 saturated heterocycles. The van der Waals surface area contributed by atoms with E-state index in [1.807, 2.05) is 5.32 Å². The highest BCUT2D eigenvalue weighted by Crippen LogP contribution is 2.38. The van der Waals surface area contributed by atoms with Gasteiger partial charge in [0.05, 0.1) is 26.9 Å². The molecule has 0 aliphatic heterocycles. The van der Waals surface area contributed by atoms with Gasteiger partial charge in [-0.25, -0.2) is 9.59 Å². The van der Waals surface area contributed by atoms with Crippen molar-refractivity contribution in [1.82, 2.24) is 5.32 Å². The van der Waals surface area contributed by atoms with Crippen LogP contribution in [-0.4, -0.2) is 45.3 Å². The third-order valence-electron chi connectivity index (χ3n) is 3.24. The Hall–Kier alpha value is -2.97. The fourth-order valence-corrected chi connectivity index (χ4v) is 2.07. The maximum Gasteiger partial charge on any atom is 0.339 e. The first-order chi connectivity index (χ1) is 11.7. The Kier molecular flexibility index (Phi) is 7.04. The van der Waals surface area contributed by atoms with Crippen molar-refractivity contribution in [1.29, 1.82) is 0 Å². The van der Waals surface area contributed by atoms with E-state index in [0.717, 1.165) is 0 Å². The summed E-state index contributed by atoms with van der Waals surface area (Å²) in [5.74, 6) is -1.15. The fraction of sp³-hybridized carbons (Fsp3) is 0.438. The fourth-order valence-electron chi connectivity index (χ4n) is 2.07. The summed E-state index contributed by atoms with van der Waals surface area (Å²) >= 11 is 0. The number of carbonyl (C=O) groups excluding carboxylic acids is 3. The van der Waals surface area contributed by atoms with Crippen LogP contribution in [-0.2, 0) is 9.53 Å². The molecule has 0 aliphatic carbocycles. The van der Waals surface area contributed by atoms with Crippen molar-refractivity contribution in [3.05, 3.63) is 17.7 Å². The normalized spacial score (nSPS) is 11.4. The topological polar surface area (TPSA) is 126 Å². The molecular formula is C16H22N2O7. The standard InChI is InChI=1S/C16H22N2O7/c1-8(2)12(14(19)18-16(17)21)25-15(20)9-6-10(22-3)13(24-5)11(7-9)23-4/h6-8,12H,1-5H3,(H3,17,18,19,21)/t12-/m0/s1. The molecule has 1 atom stereocenters. The van der Waals surface area contributed by atoms with E-state index in [1.54, 1.807) is 13.8 Å². The molecule has 1 aromatic rings. The van der Waals surface area contributed by atoms with Crippen LogP contribution in [0.5, 0.6) is 17.2 Å². The lowest BCUT2D eigenvalue weighted by Gasteiger charge is -2.20. The first-order valence-corrected chi connectivity index (χ1v) is 7.36. The molecule has 0 fully saturated rings. The number of urea groups is 1. The Morgan fingerprint density at radius 3 is 1.88 bits per heavy atom. The number of rotatable bonds is 7. The minimum Gasteiger partial charge on any atom is -0.493 e. The largest absolute Gasteiger partial charge is 0.493 e. The van der Waals surface area contributed by atoms with Gasteiger partial charge in [-0.2, -0.15) is 0 Å². The summed E-state index contributed by atoms with van der Waals surface area (Å²) in [5.41, 5.74) is 5.01. The van der Waals surface area contributed by atoms with Crippen molar-refractivity contribution >= 4 is 17.9 Å². The molecule has 25 heavy (non-hydrogen) atoms. The van der Waals surface area contributed by atoms with Gasteiger partial charge in [0.15, 0.2) is 17.6 Å². The first kappa shape index (κ1) is 20.1. The number of primary amides is 1. The van der Waals surface area contributed by atoms with Gasteiger partial charge in [-0.15, -0.1) is 0 Å². The van der Waals surface area contributed by atoms with Crippen molar-refractivity contribution in [2.24, 2.45) is 11.7 Å². The summed E-state index contributed by atoms with van der Waals surface area (Å²) in [7, 11) is 4.24. The quantitative estimate of drug-likeness (QED) is 0.702. The van der Waals surface area contributed by atoms with Gasteiger partial charge in [0.1, 0.15) is 0 Å². The molecule has 0 saturated carbocycles.